The fourth-order valence-electron chi connectivity index (χ4n) is 4.67. The van der Waals surface area contributed by atoms with Gasteiger partial charge in [0.05, 0.1) is 20.1 Å². The summed E-state index contributed by atoms with van der Waals surface area (Å²) in [5.74, 6) is 0.794. The van der Waals surface area contributed by atoms with Gasteiger partial charge in [0.15, 0.2) is 11.5 Å². The van der Waals surface area contributed by atoms with E-state index in [2.05, 4.69) is 0 Å². The van der Waals surface area contributed by atoms with Gasteiger partial charge in [-0.3, -0.25) is 0 Å². The van der Waals surface area contributed by atoms with Crippen LogP contribution in [0.4, 0.5) is 0 Å². The molecule has 1 heterocycles. The predicted molar refractivity (Wildman–Crippen MR) is 138 cm³/mol. The zero-order chi connectivity index (χ0) is 25.2. The Morgan fingerprint density at radius 2 is 1.44 bits per heavy atom. The second-order valence-electron chi connectivity index (χ2n) is 8.54. The molecule has 5 rings (SSSR count). The van der Waals surface area contributed by atoms with Gasteiger partial charge in [-0.25, -0.2) is 0 Å². The van der Waals surface area contributed by atoms with Crippen LogP contribution in [0.3, 0.4) is 0 Å². The minimum Gasteiger partial charge on any atom is -0.507 e. The number of rotatable bonds is 6. The van der Waals surface area contributed by atoms with Crippen molar-refractivity contribution < 1.29 is 29.5 Å². The Labute approximate surface area is 209 Å². The van der Waals surface area contributed by atoms with Crippen LogP contribution in [0.1, 0.15) is 39.8 Å². The summed E-state index contributed by atoms with van der Waals surface area (Å²) < 4.78 is 17.3. The molecule has 0 spiro atoms. The highest BCUT2D eigenvalue weighted by Gasteiger charge is 2.39. The summed E-state index contributed by atoms with van der Waals surface area (Å²) in [5, 5.41) is 30.8. The van der Waals surface area contributed by atoms with Crippen LogP contribution in [0.25, 0.3) is 12.2 Å². The monoisotopic (exact) mass is 482 g/mol. The van der Waals surface area contributed by atoms with E-state index in [1.807, 2.05) is 66.7 Å². The minimum atomic E-state index is -0.507. The van der Waals surface area contributed by atoms with Gasteiger partial charge in [0, 0.05) is 22.8 Å². The lowest BCUT2D eigenvalue weighted by Crippen LogP contribution is -2.12. The van der Waals surface area contributed by atoms with Crippen molar-refractivity contribution in [3.8, 4) is 34.5 Å². The number of benzene rings is 4. The average Bonchev–Trinajstić information content (AvgIpc) is 3.29. The number of phenols is 3. The molecule has 2 atom stereocenters. The molecule has 4 aromatic rings. The Hall–Kier alpha value is -4.58. The number of phenolic OH excluding ortho intramolecular Hbond substituents is 3. The summed E-state index contributed by atoms with van der Waals surface area (Å²) in [4.78, 5) is 0. The first-order valence-electron chi connectivity index (χ1n) is 11.5. The number of hydrogen-bond acceptors (Lipinski definition) is 6. The Bertz CT molecular complexity index is 1430. The van der Waals surface area contributed by atoms with Gasteiger partial charge in [0.1, 0.15) is 23.4 Å². The number of aromatic hydroxyl groups is 3. The van der Waals surface area contributed by atoms with Crippen molar-refractivity contribution in [1.29, 1.82) is 0 Å². The third kappa shape index (κ3) is 4.18. The zero-order valence-corrected chi connectivity index (χ0v) is 19.9. The Morgan fingerprint density at radius 1 is 0.722 bits per heavy atom. The van der Waals surface area contributed by atoms with E-state index in [1.54, 1.807) is 25.3 Å². The van der Waals surface area contributed by atoms with Crippen LogP contribution in [-0.4, -0.2) is 29.5 Å². The summed E-state index contributed by atoms with van der Waals surface area (Å²) in [6.45, 7) is 0. The van der Waals surface area contributed by atoms with E-state index >= 15 is 0 Å². The highest BCUT2D eigenvalue weighted by molar-refractivity contribution is 5.77. The quantitative estimate of drug-likeness (QED) is 0.222. The van der Waals surface area contributed by atoms with Crippen LogP contribution in [0.2, 0.25) is 0 Å². The highest BCUT2D eigenvalue weighted by Crippen LogP contribution is 2.54. The van der Waals surface area contributed by atoms with E-state index < -0.39 is 6.10 Å². The van der Waals surface area contributed by atoms with Crippen LogP contribution in [0.5, 0.6) is 34.5 Å². The molecule has 182 valence electrons. The van der Waals surface area contributed by atoms with E-state index in [4.69, 9.17) is 14.2 Å². The molecule has 0 aromatic heterocycles. The van der Waals surface area contributed by atoms with Crippen molar-refractivity contribution in [3.63, 3.8) is 0 Å². The van der Waals surface area contributed by atoms with E-state index in [9.17, 15) is 15.3 Å². The third-order valence-electron chi connectivity index (χ3n) is 6.41. The maximum absolute atomic E-state index is 10.4. The minimum absolute atomic E-state index is 0.161. The molecule has 0 radical (unpaired) electrons. The molecule has 1 aliphatic rings. The number of para-hydroxylation sites is 1. The van der Waals surface area contributed by atoms with Crippen molar-refractivity contribution in [3.05, 3.63) is 107 Å². The number of methoxy groups -OCH3 is 2. The summed E-state index contributed by atoms with van der Waals surface area (Å²) in [6, 6.07) is 24.1. The van der Waals surface area contributed by atoms with Gasteiger partial charge in [0.2, 0.25) is 5.75 Å². The third-order valence-corrected chi connectivity index (χ3v) is 6.41. The SMILES string of the molecule is COc1cc(/C=C/c2ccccc2O)c2c(c1)O[C@H](c1cc(O)c(O)c(OC)c1)[C@H]2c1ccccc1. The first kappa shape index (κ1) is 23.2. The average molecular weight is 483 g/mol. The maximum Gasteiger partial charge on any atom is 0.200 e. The van der Waals surface area contributed by atoms with Crippen LogP contribution in [0.15, 0.2) is 78.9 Å². The fraction of sp³-hybridized carbons (Fsp3) is 0.133. The normalized spacial score (nSPS) is 16.5. The second kappa shape index (κ2) is 9.58. The smallest absolute Gasteiger partial charge is 0.200 e. The summed E-state index contributed by atoms with van der Waals surface area (Å²) in [7, 11) is 3.03. The molecule has 0 unspecified atom stereocenters. The molecule has 0 fully saturated rings. The van der Waals surface area contributed by atoms with Gasteiger partial charge in [-0.05, 0) is 35.4 Å². The van der Waals surface area contributed by atoms with E-state index in [1.165, 1.54) is 13.2 Å². The molecule has 6 nitrogen and oxygen atoms in total. The molecular weight excluding hydrogens is 456 g/mol. The molecule has 6 heteroatoms. The Morgan fingerprint density at radius 3 is 2.17 bits per heavy atom. The lowest BCUT2D eigenvalue weighted by atomic mass is 9.82. The Kier molecular flexibility index (Phi) is 6.17. The van der Waals surface area contributed by atoms with Crippen molar-refractivity contribution in [2.24, 2.45) is 0 Å². The van der Waals surface area contributed by atoms with E-state index in [-0.39, 0.29) is 28.9 Å². The molecule has 0 aliphatic carbocycles. The molecule has 0 saturated carbocycles. The van der Waals surface area contributed by atoms with Crippen LogP contribution in [-0.2, 0) is 0 Å². The molecule has 4 aromatic carbocycles. The molecular formula is C30H26O6. The molecule has 0 bridgehead atoms. The predicted octanol–water partition coefficient (Wildman–Crippen LogP) is 6.26. The number of ether oxygens (including phenoxy) is 3. The van der Waals surface area contributed by atoms with Gasteiger partial charge in [-0.15, -0.1) is 0 Å². The van der Waals surface area contributed by atoms with Crippen molar-refractivity contribution >= 4 is 12.2 Å². The second-order valence-corrected chi connectivity index (χ2v) is 8.54. The first-order valence-corrected chi connectivity index (χ1v) is 11.5. The molecule has 3 N–H and O–H groups in total. The lowest BCUT2D eigenvalue weighted by Gasteiger charge is -2.22. The van der Waals surface area contributed by atoms with E-state index in [0.717, 1.165) is 16.7 Å². The number of fused-ring (bicyclic) bond motifs is 1. The molecule has 0 saturated heterocycles. The largest absolute Gasteiger partial charge is 0.507 e. The van der Waals surface area contributed by atoms with Gasteiger partial charge in [-0.2, -0.15) is 0 Å². The lowest BCUT2D eigenvalue weighted by molar-refractivity contribution is 0.220. The van der Waals surface area contributed by atoms with Crippen molar-refractivity contribution in [1.82, 2.24) is 0 Å². The van der Waals surface area contributed by atoms with Crippen LogP contribution in [0, 0.1) is 0 Å². The van der Waals surface area contributed by atoms with Gasteiger partial charge >= 0.3 is 0 Å². The molecule has 0 amide bonds. The van der Waals surface area contributed by atoms with Gasteiger partial charge in [0.25, 0.3) is 0 Å². The maximum atomic E-state index is 10.4. The first-order chi connectivity index (χ1) is 17.5. The fourth-order valence-corrected chi connectivity index (χ4v) is 4.67. The zero-order valence-electron chi connectivity index (χ0n) is 19.9. The van der Waals surface area contributed by atoms with E-state index in [0.29, 0.717) is 22.6 Å². The standard InChI is InChI=1S/C30H26O6/c1-34-22-14-20(13-12-18-8-6-7-11-23(18)31)27-25(17-22)36-30(28(27)19-9-4-3-5-10-19)21-15-24(32)29(33)26(16-21)35-2/h3-17,28,30-33H,1-2H3/b13-12+/t28-,30+/m0/s1. The molecule has 36 heavy (non-hydrogen) atoms. The van der Waals surface area contributed by atoms with Crippen LogP contribution < -0.4 is 14.2 Å². The van der Waals surface area contributed by atoms with Gasteiger partial charge in [-0.1, -0.05) is 60.7 Å². The Balaban J connectivity index is 1.69. The molecule has 1 aliphatic heterocycles. The summed E-state index contributed by atoms with van der Waals surface area (Å²) in [6.07, 6.45) is 3.29. The van der Waals surface area contributed by atoms with Crippen molar-refractivity contribution in [2.75, 3.05) is 14.2 Å². The summed E-state index contributed by atoms with van der Waals surface area (Å²) >= 11 is 0. The van der Waals surface area contributed by atoms with Crippen molar-refractivity contribution in [2.45, 2.75) is 12.0 Å². The van der Waals surface area contributed by atoms with Gasteiger partial charge < -0.3 is 29.5 Å². The number of hydrogen-bond donors (Lipinski definition) is 3. The van der Waals surface area contributed by atoms with Crippen LogP contribution >= 0.6 is 0 Å². The highest BCUT2D eigenvalue weighted by atomic mass is 16.5. The summed E-state index contributed by atoms with van der Waals surface area (Å²) in [5.41, 5.74) is 4.19. The topological polar surface area (TPSA) is 88.4 Å².